The molecule has 13 heteroatoms. The van der Waals surface area contributed by atoms with E-state index in [0.717, 1.165) is 16.7 Å². The Morgan fingerprint density at radius 2 is 1.89 bits per heavy atom. The van der Waals surface area contributed by atoms with Crippen LogP contribution in [0.2, 0.25) is 0 Å². The molecule has 0 fully saturated rings. The van der Waals surface area contributed by atoms with Crippen LogP contribution >= 0.6 is 0 Å². The highest BCUT2D eigenvalue weighted by Crippen LogP contribution is 2.34. The molecule has 0 saturated heterocycles. The van der Waals surface area contributed by atoms with E-state index in [2.05, 4.69) is 25.6 Å². The molecule has 2 heterocycles. The van der Waals surface area contributed by atoms with Gasteiger partial charge in [-0.15, -0.1) is 0 Å². The Kier molecular flexibility index (Phi) is 7.78. The molecule has 0 bridgehead atoms. The molecule has 0 unspecified atom stereocenters. The van der Waals surface area contributed by atoms with Crippen LogP contribution in [0.4, 0.5) is 39.5 Å². The summed E-state index contributed by atoms with van der Waals surface area (Å²) in [6.45, 7) is 1.84. The van der Waals surface area contributed by atoms with Gasteiger partial charge in [0.15, 0.2) is 5.82 Å². The van der Waals surface area contributed by atoms with Crippen LogP contribution in [0.1, 0.15) is 11.1 Å². The number of benzene rings is 2. The Labute approximate surface area is 215 Å². The van der Waals surface area contributed by atoms with Crippen molar-refractivity contribution in [2.45, 2.75) is 12.7 Å². The number of aromatic nitrogens is 3. The molecule has 0 aliphatic heterocycles. The molecule has 4 N–H and O–H groups in total. The number of methoxy groups -OCH3 is 1. The largest absolute Gasteiger partial charge is 0.416 e. The second-order valence-corrected chi connectivity index (χ2v) is 8.55. The van der Waals surface area contributed by atoms with Gasteiger partial charge in [-0.05, 0) is 48.5 Å². The number of urea groups is 1. The number of nitrogens with two attached hydrogens (primary N) is 1. The molecule has 2 amide bonds. The summed E-state index contributed by atoms with van der Waals surface area (Å²) in [5.74, 6) is -0.697. The SMILES string of the molecule is COCCN(C)Cc1cn2ncnc(N)c2c1-c1ccc(NC(=O)Nc2cc(C(F)(F)F)ccc2F)cc1. The minimum Gasteiger partial charge on any atom is -0.383 e. The van der Waals surface area contributed by atoms with Crippen LogP contribution in [0.5, 0.6) is 0 Å². The normalized spacial score (nSPS) is 11.8. The summed E-state index contributed by atoms with van der Waals surface area (Å²) in [4.78, 5) is 18.6. The van der Waals surface area contributed by atoms with E-state index in [4.69, 9.17) is 10.5 Å². The smallest absolute Gasteiger partial charge is 0.383 e. The van der Waals surface area contributed by atoms with E-state index in [1.54, 1.807) is 35.9 Å². The van der Waals surface area contributed by atoms with Crippen molar-refractivity contribution < 1.29 is 27.1 Å². The van der Waals surface area contributed by atoms with E-state index in [1.807, 2.05) is 13.2 Å². The zero-order valence-corrected chi connectivity index (χ0v) is 20.5. The van der Waals surface area contributed by atoms with Crippen LogP contribution in [-0.4, -0.2) is 52.8 Å². The summed E-state index contributed by atoms with van der Waals surface area (Å²) in [7, 11) is 3.59. The fraction of sp³-hybridized carbons (Fsp3) is 0.240. The molecule has 2 aromatic carbocycles. The number of ether oxygens (including phenoxy) is 1. The van der Waals surface area contributed by atoms with Crippen LogP contribution in [0.15, 0.2) is 55.0 Å². The number of nitrogens with zero attached hydrogens (tertiary/aromatic N) is 4. The van der Waals surface area contributed by atoms with Gasteiger partial charge in [0.2, 0.25) is 0 Å². The van der Waals surface area contributed by atoms with Gasteiger partial charge >= 0.3 is 12.2 Å². The summed E-state index contributed by atoms with van der Waals surface area (Å²) < 4.78 is 59.6. The van der Waals surface area contributed by atoms with E-state index in [0.29, 0.717) is 54.9 Å². The molecule has 4 rings (SSSR count). The van der Waals surface area contributed by atoms with Gasteiger partial charge in [0, 0.05) is 37.6 Å². The van der Waals surface area contributed by atoms with Crippen molar-refractivity contribution in [1.82, 2.24) is 19.5 Å². The van der Waals surface area contributed by atoms with Crippen LogP contribution in [0.3, 0.4) is 0 Å². The van der Waals surface area contributed by atoms with Crippen molar-refractivity contribution in [3.63, 3.8) is 0 Å². The zero-order valence-electron chi connectivity index (χ0n) is 20.5. The average molecular weight is 532 g/mol. The molecule has 200 valence electrons. The number of likely N-dealkylation sites (N-methyl/N-ethyl adjacent to an activating group) is 1. The molecule has 9 nitrogen and oxygen atoms in total. The summed E-state index contributed by atoms with van der Waals surface area (Å²) in [5.41, 5.74) is 7.99. The number of alkyl halides is 3. The number of hydrogen-bond donors (Lipinski definition) is 3. The Hall–Kier alpha value is -4.23. The van der Waals surface area contributed by atoms with E-state index in [1.165, 1.54) is 6.33 Å². The van der Waals surface area contributed by atoms with Gasteiger partial charge in [-0.3, -0.25) is 4.90 Å². The molecular weight excluding hydrogens is 506 g/mol. The number of rotatable bonds is 8. The number of nitrogen functional groups attached to an aromatic ring is 1. The van der Waals surface area contributed by atoms with Gasteiger partial charge in [0.1, 0.15) is 17.7 Å². The lowest BCUT2D eigenvalue weighted by Gasteiger charge is -2.16. The summed E-state index contributed by atoms with van der Waals surface area (Å²) in [5, 5.41) is 8.87. The first-order valence-electron chi connectivity index (χ1n) is 11.4. The maximum atomic E-state index is 14.0. The standard InChI is InChI=1S/C25H25F4N7O2/c1-35(9-10-38-2)12-16-13-36-22(23(30)31-14-32-36)21(16)15-3-6-18(7-4-15)33-24(37)34-20-11-17(25(27,28)29)5-8-19(20)26/h3-8,11,13-14H,9-10,12H2,1-2H3,(H2,30,31,32)(H2,33,34,37). The first kappa shape index (κ1) is 26.8. The molecule has 0 aliphatic rings. The lowest BCUT2D eigenvalue weighted by molar-refractivity contribution is -0.137. The van der Waals surface area contributed by atoms with Gasteiger partial charge < -0.3 is 21.1 Å². The monoisotopic (exact) mass is 531 g/mol. The van der Waals surface area contributed by atoms with Gasteiger partial charge in [-0.25, -0.2) is 18.7 Å². The third-order valence-electron chi connectivity index (χ3n) is 5.77. The lowest BCUT2D eigenvalue weighted by atomic mass is 10.0. The van der Waals surface area contributed by atoms with Crippen molar-refractivity contribution in [2.75, 3.05) is 43.7 Å². The Balaban J connectivity index is 1.56. The van der Waals surface area contributed by atoms with Crippen molar-refractivity contribution in [2.24, 2.45) is 0 Å². The number of fused-ring (bicyclic) bond motifs is 1. The van der Waals surface area contributed by atoms with Crippen molar-refractivity contribution in [3.8, 4) is 11.1 Å². The second-order valence-electron chi connectivity index (χ2n) is 8.55. The number of hydrogen-bond acceptors (Lipinski definition) is 6. The third kappa shape index (κ3) is 6.01. The minimum atomic E-state index is -4.68. The van der Waals surface area contributed by atoms with Crippen molar-refractivity contribution in [3.05, 3.63) is 71.9 Å². The molecular formula is C25H25F4N7O2. The van der Waals surface area contributed by atoms with Crippen LogP contribution in [0, 0.1) is 5.82 Å². The van der Waals surface area contributed by atoms with Crippen LogP contribution in [-0.2, 0) is 17.5 Å². The lowest BCUT2D eigenvalue weighted by Crippen LogP contribution is -2.22. The molecule has 0 radical (unpaired) electrons. The first-order chi connectivity index (χ1) is 18.1. The Morgan fingerprint density at radius 3 is 2.58 bits per heavy atom. The molecule has 0 spiro atoms. The fourth-order valence-corrected chi connectivity index (χ4v) is 3.95. The third-order valence-corrected chi connectivity index (χ3v) is 5.77. The number of amides is 2. The quantitative estimate of drug-likeness (QED) is 0.280. The average Bonchev–Trinajstić information content (AvgIpc) is 3.23. The maximum absolute atomic E-state index is 14.0. The minimum absolute atomic E-state index is 0.297. The molecule has 0 aliphatic carbocycles. The highest BCUT2D eigenvalue weighted by Gasteiger charge is 2.31. The second kappa shape index (κ2) is 11.0. The van der Waals surface area contributed by atoms with Gasteiger partial charge in [-0.1, -0.05) is 12.1 Å². The Morgan fingerprint density at radius 1 is 1.16 bits per heavy atom. The van der Waals surface area contributed by atoms with E-state index in [-0.39, 0.29) is 0 Å². The number of carbonyl (C=O) groups excluding carboxylic acids is 1. The predicted octanol–water partition coefficient (Wildman–Crippen LogP) is 4.86. The fourth-order valence-electron chi connectivity index (χ4n) is 3.95. The van der Waals surface area contributed by atoms with Crippen LogP contribution in [0.25, 0.3) is 16.6 Å². The summed E-state index contributed by atoms with van der Waals surface area (Å²) in [6, 6.07) is 7.61. The van der Waals surface area contributed by atoms with Crippen LogP contribution < -0.4 is 16.4 Å². The topological polar surface area (TPSA) is 110 Å². The van der Waals surface area contributed by atoms with Crippen molar-refractivity contribution >= 4 is 28.7 Å². The zero-order chi connectivity index (χ0) is 27.4. The van der Waals surface area contributed by atoms with Gasteiger partial charge in [0.25, 0.3) is 0 Å². The predicted molar refractivity (Wildman–Crippen MR) is 135 cm³/mol. The van der Waals surface area contributed by atoms with Gasteiger partial charge in [0.05, 0.1) is 17.9 Å². The molecule has 38 heavy (non-hydrogen) atoms. The molecule has 0 saturated carbocycles. The highest BCUT2D eigenvalue weighted by molar-refractivity contribution is 6.00. The van der Waals surface area contributed by atoms with E-state index >= 15 is 0 Å². The number of carbonyl (C=O) groups is 1. The highest BCUT2D eigenvalue weighted by atomic mass is 19.4. The summed E-state index contributed by atoms with van der Waals surface area (Å²) in [6.07, 6.45) is -1.44. The van der Waals surface area contributed by atoms with Gasteiger partial charge in [-0.2, -0.15) is 18.3 Å². The maximum Gasteiger partial charge on any atom is 0.416 e. The number of nitrogens with one attached hydrogen (secondary N) is 2. The summed E-state index contributed by atoms with van der Waals surface area (Å²) >= 11 is 0. The van der Waals surface area contributed by atoms with E-state index < -0.39 is 29.3 Å². The van der Waals surface area contributed by atoms with E-state index in [9.17, 15) is 22.4 Å². The first-order valence-corrected chi connectivity index (χ1v) is 11.4. The molecule has 4 aromatic rings. The Bertz CT molecular complexity index is 1440. The molecule has 0 atom stereocenters. The number of halogens is 4. The molecule has 2 aromatic heterocycles. The number of anilines is 3. The van der Waals surface area contributed by atoms with Crippen molar-refractivity contribution in [1.29, 1.82) is 0 Å².